The van der Waals surface area contributed by atoms with Crippen molar-refractivity contribution >= 4 is 50.6 Å². The van der Waals surface area contributed by atoms with Gasteiger partial charge in [0.1, 0.15) is 5.75 Å². The molecule has 0 atom stereocenters. The number of hydrogen-bond donors (Lipinski definition) is 1. The summed E-state index contributed by atoms with van der Waals surface area (Å²) in [7, 11) is 0. The average molecular weight is 515 g/mol. The zero-order chi connectivity index (χ0) is 21.6. The molecule has 0 aliphatic heterocycles. The molecule has 2 heterocycles. The number of ether oxygens (including phenoxy) is 1. The molecule has 1 amide bonds. The van der Waals surface area contributed by atoms with Crippen molar-refractivity contribution in [2.24, 2.45) is 0 Å². The molecule has 0 bridgehead atoms. The minimum absolute atomic E-state index is 0.105. The van der Waals surface area contributed by atoms with Crippen LogP contribution < -0.4 is 10.1 Å². The second-order valence-electron chi connectivity index (χ2n) is 6.39. The van der Waals surface area contributed by atoms with Gasteiger partial charge in [0.2, 0.25) is 5.91 Å². The number of aromatic nitrogens is 3. The molecule has 31 heavy (non-hydrogen) atoms. The Hall–Kier alpha value is -2.62. The Morgan fingerprint density at radius 2 is 1.90 bits per heavy atom. The van der Waals surface area contributed by atoms with Crippen molar-refractivity contribution in [2.45, 2.75) is 12.1 Å². The van der Waals surface area contributed by atoms with E-state index in [1.807, 2.05) is 77.5 Å². The third-order valence-electron chi connectivity index (χ3n) is 4.24. The first-order valence-electron chi connectivity index (χ1n) is 9.55. The highest BCUT2D eigenvalue weighted by Gasteiger charge is 2.18. The van der Waals surface area contributed by atoms with Gasteiger partial charge in [-0.15, -0.1) is 21.5 Å². The quantitative estimate of drug-likeness (QED) is 0.297. The van der Waals surface area contributed by atoms with Gasteiger partial charge in [0.15, 0.2) is 11.0 Å². The Balaban J connectivity index is 1.55. The van der Waals surface area contributed by atoms with Gasteiger partial charge in [-0.25, -0.2) is 0 Å². The van der Waals surface area contributed by atoms with Crippen molar-refractivity contribution in [3.05, 3.63) is 70.5 Å². The summed E-state index contributed by atoms with van der Waals surface area (Å²) in [6.07, 6.45) is 0. The number of nitrogens with one attached hydrogen (secondary N) is 1. The topological polar surface area (TPSA) is 69.0 Å². The predicted molar refractivity (Wildman–Crippen MR) is 129 cm³/mol. The Kier molecular flexibility index (Phi) is 7.06. The summed E-state index contributed by atoms with van der Waals surface area (Å²) in [5, 5.41) is 14.3. The third kappa shape index (κ3) is 5.36. The van der Waals surface area contributed by atoms with E-state index >= 15 is 0 Å². The molecule has 4 rings (SSSR count). The fourth-order valence-electron chi connectivity index (χ4n) is 2.88. The number of nitrogens with zero attached hydrogens (tertiary/aromatic N) is 3. The minimum Gasteiger partial charge on any atom is -0.494 e. The fourth-order valence-corrected chi connectivity index (χ4v) is 4.59. The van der Waals surface area contributed by atoms with E-state index in [0.717, 1.165) is 32.3 Å². The molecule has 0 radical (unpaired) electrons. The maximum atomic E-state index is 12.5. The smallest absolute Gasteiger partial charge is 0.234 e. The predicted octanol–water partition coefficient (Wildman–Crippen LogP) is 5.89. The van der Waals surface area contributed by atoms with Gasteiger partial charge in [-0.3, -0.25) is 9.36 Å². The van der Waals surface area contributed by atoms with Crippen LogP contribution in [0.2, 0.25) is 0 Å². The second-order valence-corrected chi connectivity index (χ2v) is 9.20. The number of benzene rings is 2. The monoisotopic (exact) mass is 514 g/mol. The molecule has 6 nitrogen and oxygen atoms in total. The number of carbonyl (C=O) groups is 1. The lowest BCUT2D eigenvalue weighted by Gasteiger charge is -2.11. The molecule has 0 spiro atoms. The molecule has 0 saturated heterocycles. The minimum atomic E-state index is -0.105. The first-order valence-corrected chi connectivity index (χ1v) is 12.2. The molecular formula is C22H19BrN4O2S2. The molecule has 1 N–H and O–H groups in total. The zero-order valence-corrected chi connectivity index (χ0v) is 19.8. The van der Waals surface area contributed by atoms with Gasteiger partial charge in [-0.2, -0.15) is 0 Å². The van der Waals surface area contributed by atoms with Gasteiger partial charge in [0.05, 0.1) is 22.9 Å². The van der Waals surface area contributed by atoms with E-state index in [9.17, 15) is 4.79 Å². The van der Waals surface area contributed by atoms with Crippen molar-refractivity contribution in [2.75, 3.05) is 17.7 Å². The summed E-state index contributed by atoms with van der Waals surface area (Å²) in [5.41, 5.74) is 1.66. The van der Waals surface area contributed by atoms with Crippen LogP contribution in [0.25, 0.3) is 16.4 Å². The SMILES string of the molecule is CCOc1ccc(-n2c(SCC(=O)Nc3ccc(Br)cc3)nnc2-c2cccs2)cc1. The first-order chi connectivity index (χ1) is 15.1. The average Bonchev–Trinajstić information content (AvgIpc) is 3.44. The molecule has 0 aliphatic carbocycles. The number of carbonyl (C=O) groups excluding carboxylic acids is 1. The van der Waals surface area contributed by atoms with E-state index in [1.165, 1.54) is 11.8 Å². The van der Waals surface area contributed by atoms with Crippen molar-refractivity contribution in [3.8, 4) is 22.1 Å². The Morgan fingerprint density at radius 3 is 2.58 bits per heavy atom. The van der Waals surface area contributed by atoms with Gasteiger partial charge in [0, 0.05) is 10.2 Å². The maximum Gasteiger partial charge on any atom is 0.234 e. The van der Waals surface area contributed by atoms with Crippen LogP contribution in [-0.2, 0) is 4.79 Å². The molecule has 2 aromatic carbocycles. The van der Waals surface area contributed by atoms with Gasteiger partial charge in [-0.05, 0) is 66.9 Å². The zero-order valence-electron chi connectivity index (χ0n) is 16.6. The number of anilines is 1. The van der Waals surface area contributed by atoms with Crippen LogP contribution in [0, 0.1) is 0 Å². The molecule has 4 aromatic rings. The summed E-state index contributed by atoms with van der Waals surface area (Å²) in [6.45, 7) is 2.57. The number of rotatable bonds is 8. The fraction of sp³-hybridized carbons (Fsp3) is 0.136. The molecule has 0 unspecified atom stereocenters. The molecule has 0 saturated carbocycles. The first kappa shape index (κ1) is 21.6. The maximum absolute atomic E-state index is 12.5. The van der Waals surface area contributed by atoms with Crippen LogP contribution in [0.4, 0.5) is 5.69 Å². The molecule has 0 fully saturated rings. The third-order valence-corrected chi connectivity index (χ3v) is 6.56. The van der Waals surface area contributed by atoms with Crippen LogP contribution in [0.1, 0.15) is 6.92 Å². The van der Waals surface area contributed by atoms with Gasteiger partial charge < -0.3 is 10.1 Å². The van der Waals surface area contributed by atoms with E-state index in [-0.39, 0.29) is 11.7 Å². The Morgan fingerprint density at radius 1 is 1.13 bits per heavy atom. The van der Waals surface area contributed by atoms with Crippen LogP contribution in [0.5, 0.6) is 5.75 Å². The molecular weight excluding hydrogens is 496 g/mol. The highest BCUT2D eigenvalue weighted by Crippen LogP contribution is 2.31. The number of hydrogen-bond acceptors (Lipinski definition) is 6. The summed E-state index contributed by atoms with van der Waals surface area (Å²) in [5.74, 6) is 1.66. The standard InChI is InChI=1S/C22H19BrN4O2S2/c1-2-29-18-11-9-17(10-12-18)27-21(19-4-3-13-30-19)25-26-22(27)31-14-20(28)24-16-7-5-15(23)6-8-16/h3-13H,2,14H2,1H3,(H,24,28). The summed E-state index contributed by atoms with van der Waals surface area (Å²) in [6, 6.07) is 19.3. The highest BCUT2D eigenvalue weighted by molar-refractivity contribution is 9.10. The molecule has 0 aliphatic rings. The summed E-state index contributed by atoms with van der Waals surface area (Å²) < 4.78 is 8.49. The van der Waals surface area contributed by atoms with Gasteiger partial charge in [0.25, 0.3) is 0 Å². The number of thiophene rings is 1. The van der Waals surface area contributed by atoms with Crippen molar-refractivity contribution in [3.63, 3.8) is 0 Å². The normalized spacial score (nSPS) is 10.8. The lowest BCUT2D eigenvalue weighted by molar-refractivity contribution is -0.113. The number of amides is 1. The van der Waals surface area contributed by atoms with E-state index in [2.05, 4.69) is 31.4 Å². The lowest BCUT2D eigenvalue weighted by atomic mass is 10.3. The van der Waals surface area contributed by atoms with E-state index in [0.29, 0.717) is 11.8 Å². The molecule has 2 aromatic heterocycles. The van der Waals surface area contributed by atoms with Crippen molar-refractivity contribution in [1.82, 2.24) is 14.8 Å². The van der Waals surface area contributed by atoms with Gasteiger partial charge in [-0.1, -0.05) is 33.8 Å². The number of halogens is 1. The van der Waals surface area contributed by atoms with Crippen LogP contribution in [0.15, 0.2) is 75.7 Å². The lowest BCUT2D eigenvalue weighted by Crippen LogP contribution is -2.14. The Labute approximate surface area is 196 Å². The Bertz CT molecular complexity index is 1140. The van der Waals surface area contributed by atoms with Gasteiger partial charge >= 0.3 is 0 Å². The van der Waals surface area contributed by atoms with Crippen LogP contribution in [0.3, 0.4) is 0 Å². The second kappa shape index (κ2) is 10.1. The largest absolute Gasteiger partial charge is 0.494 e. The van der Waals surface area contributed by atoms with Crippen LogP contribution in [-0.4, -0.2) is 33.0 Å². The van der Waals surface area contributed by atoms with Crippen molar-refractivity contribution in [1.29, 1.82) is 0 Å². The van der Waals surface area contributed by atoms with Crippen LogP contribution >= 0.6 is 39.0 Å². The molecule has 9 heteroatoms. The van der Waals surface area contributed by atoms with Crippen molar-refractivity contribution < 1.29 is 9.53 Å². The van der Waals surface area contributed by atoms with E-state index < -0.39 is 0 Å². The summed E-state index contributed by atoms with van der Waals surface area (Å²) >= 11 is 6.34. The summed E-state index contributed by atoms with van der Waals surface area (Å²) in [4.78, 5) is 13.5. The molecule has 158 valence electrons. The number of thioether (sulfide) groups is 1. The van der Waals surface area contributed by atoms with E-state index in [1.54, 1.807) is 11.3 Å². The van der Waals surface area contributed by atoms with E-state index in [4.69, 9.17) is 4.74 Å². The highest BCUT2D eigenvalue weighted by atomic mass is 79.9.